The predicted molar refractivity (Wildman–Crippen MR) is 88.9 cm³/mol. The Morgan fingerprint density at radius 3 is 2.62 bits per heavy atom. The molecule has 2 aliphatic heterocycles. The minimum Gasteiger partial charge on any atom is -0.385 e. The summed E-state index contributed by atoms with van der Waals surface area (Å²) in [6.07, 6.45) is 10.2. The first kappa shape index (κ1) is 13.6. The standard InChI is InChI=1S/C19H28N2/c1-2-6-18-17(5-1)16(7-12-20-18)15-21-13-10-19(11-14-21)8-3-4-9-19/h1-2,5-6,16,20H,3-4,7-15H2. The monoisotopic (exact) mass is 284 g/mol. The number of likely N-dealkylation sites (tertiary alicyclic amines) is 1. The Kier molecular flexibility index (Phi) is 3.66. The van der Waals surface area contributed by atoms with Crippen molar-refractivity contribution < 1.29 is 0 Å². The van der Waals surface area contributed by atoms with Crippen molar-refractivity contribution in [2.75, 3.05) is 31.5 Å². The van der Waals surface area contributed by atoms with Gasteiger partial charge in [-0.15, -0.1) is 0 Å². The minimum atomic E-state index is 0.736. The molecule has 1 N–H and O–H groups in total. The van der Waals surface area contributed by atoms with Crippen molar-refractivity contribution in [3.63, 3.8) is 0 Å². The Hall–Kier alpha value is -1.02. The van der Waals surface area contributed by atoms with Gasteiger partial charge in [0.1, 0.15) is 0 Å². The predicted octanol–water partition coefficient (Wildman–Crippen LogP) is 4.24. The molecule has 0 bridgehead atoms. The molecule has 21 heavy (non-hydrogen) atoms. The third kappa shape index (κ3) is 2.70. The smallest absolute Gasteiger partial charge is 0.0376 e. The van der Waals surface area contributed by atoms with Gasteiger partial charge in [-0.05, 0) is 62.2 Å². The van der Waals surface area contributed by atoms with Crippen molar-refractivity contribution in [3.8, 4) is 0 Å². The number of nitrogens with one attached hydrogen (secondary N) is 1. The molecule has 1 unspecified atom stereocenters. The van der Waals surface area contributed by atoms with Crippen molar-refractivity contribution in [2.24, 2.45) is 5.41 Å². The molecule has 0 radical (unpaired) electrons. The third-order valence-electron chi connectivity index (χ3n) is 6.27. The maximum Gasteiger partial charge on any atom is 0.0376 e. The molecular weight excluding hydrogens is 256 g/mol. The number of rotatable bonds is 2. The molecule has 2 fully saturated rings. The largest absolute Gasteiger partial charge is 0.385 e. The van der Waals surface area contributed by atoms with Crippen LogP contribution in [0.2, 0.25) is 0 Å². The number of piperidine rings is 1. The van der Waals surface area contributed by atoms with E-state index in [1.807, 2.05) is 0 Å². The topological polar surface area (TPSA) is 15.3 Å². The van der Waals surface area contributed by atoms with E-state index in [2.05, 4.69) is 34.5 Å². The van der Waals surface area contributed by atoms with E-state index in [9.17, 15) is 0 Å². The van der Waals surface area contributed by atoms with Gasteiger partial charge in [0.15, 0.2) is 0 Å². The van der Waals surface area contributed by atoms with Gasteiger partial charge in [0.05, 0.1) is 0 Å². The average molecular weight is 284 g/mol. The van der Waals surface area contributed by atoms with Gasteiger partial charge in [-0.1, -0.05) is 31.0 Å². The zero-order chi connectivity index (χ0) is 14.1. The van der Waals surface area contributed by atoms with Crippen LogP contribution < -0.4 is 5.32 Å². The lowest BCUT2D eigenvalue weighted by Crippen LogP contribution is -2.41. The van der Waals surface area contributed by atoms with Crippen LogP contribution in [-0.4, -0.2) is 31.1 Å². The molecule has 0 aromatic heterocycles. The van der Waals surface area contributed by atoms with Crippen LogP contribution in [0.25, 0.3) is 0 Å². The molecule has 1 aromatic rings. The molecule has 2 heteroatoms. The van der Waals surface area contributed by atoms with E-state index in [4.69, 9.17) is 0 Å². The van der Waals surface area contributed by atoms with Crippen LogP contribution in [-0.2, 0) is 0 Å². The molecule has 4 rings (SSSR count). The zero-order valence-electron chi connectivity index (χ0n) is 13.1. The fraction of sp³-hybridized carbons (Fsp3) is 0.684. The van der Waals surface area contributed by atoms with Crippen molar-refractivity contribution in [1.82, 2.24) is 4.90 Å². The summed E-state index contributed by atoms with van der Waals surface area (Å²) in [7, 11) is 0. The number of nitrogens with zero attached hydrogens (tertiary/aromatic N) is 1. The Balaban J connectivity index is 1.39. The molecule has 114 valence electrons. The zero-order valence-corrected chi connectivity index (χ0v) is 13.1. The lowest BCUT2D eigenvalue weighted by atomic mass is 9.76. The van der Waals surface area contributed by atoms with Crippen LogP contribution in [0.4, 0.5) is 5.69 Å². The summed E-state index contributed by atoms with van der Waals surface area (Å²) in [5, 5.41) is 3.55. The first-order chi connectivity index (χ1) is 10.3. The van der Waals surface area contributed by atoms with Gasteiger partial charge in [-0.2, -0.15) is 0 Å². The Morgan fingerprint density at radius 1 is 1.05 bits per heavy atom. The van der Waals surface area contributed by atoms with E-state index in [-0.39, 0.29) is 0 Å². The van der Waals surface area contributed by atoms with E-state index in [1.165, 1.54) is 70.3 Å². The van der Waals surface area contributed by atoms with E-state index in [0.717, 1.165) is 17.9 Å². The summed E-state index contributed by atoms with van der Waals surface area (Å²) >= 11 is 0. The van der Waals surface area contributed by atoms with Crippen LogP contribution in [0.5, 0.6) is 0 Å². The first-order valence-corrected chi connectivity index (χ1v) is 8.90. The number of hydrogen-bond acceptors (Lipinski definition) is 2. The number of anilines is 1. The van der Waals surface area contributed by atoms with Crippen molar-refractivity contribution in [1.29, 1.82) is 0 Å². The summed E-state index contributed by atoms with van der Waals surface area (Å²) in [6.45, 7) is 5.09. The second kappa shape index (κ2) is 5.64. The van der Waals surface area contributed by atoms with Crippen LogP contribution in [0.3, 0.4) is 0 Å². The number of hydrogen-bond donors (Lipinski definition) is 1. The number of fused-ring (bicyclic) bond motifs is 1. The second-order valence-corrected chi connectivity index (χ2v) is 7.51. The Bertz CT molecular complexity index is 480. The molecule has 1 aliphatic carbocycles. The summed E-state index contributed by atoms with van der Waals surface area (Å²) in [5.74, 6) is 0.736. The highest BCUT2D eigenvalue weighted by molar-refractivity contribution is 5.54. The van der Waals surface area contributed by atoms with Crippen LogP contribution >= 0.6 is 0 Å². The molecule has 1 atom stereocenters. The lowest BCUT2D eigenvalue weighted by molar-refractivity contribution is 0.103. The summed E-state index contributed by atoms with van der Waals surface area (Å²) in [6, 6.07) is 8.92. The Morgan fingerprint density at radius 2 is 1.81 bits per heavy atom. The van der Waals surface area contributed by atoms with E-state index < -0.39 is 0 Å². The normalized spacial score (nSPS) is 28.3. The first-order valence-electron chi connectivity index (χ1n) is 8.90. The van der Waals surface area contributed by atoms with Crippen molar-refractivity contribution in [3.05, 3.63) is 29.8 Å². The molecule has 1 saturated heterocycles. The van der Waals surface area contributed by atoms with Crippen LogP contribution in [0.1, 0.15) is 56.4 Å². The van der Waals surface area contributed by atoms with Crippen LogP contribution in [0.15, 0.2) is 24.3 Å². The SMILES string of the molecule is c1ccc2c(c1)NCCC2CN1CCC2(CCCC2)CC1. The fourth-order valence-electron chi connectivity index (χ4n) is 4.89. The van der Waals surface area contributed by atoms with E-state index in [0.29, 0.717) is 0 Å². The van der Waals surface area contributed by atoms with E-state index in [1.54, 1.807) is 5.56 Å². The Labute approximate surface area is 128 Å². The number of para-hydroxylation sites is 1. The average Bonchev–Trinajstić information content (AvgIpc) is 2.99. The molecular formula is C19H28N2. The summed E-state index contributed by atoms with van der Waals surface area (Å²) < 4.78 is 0. The third-order valence-corrected chi connectivity index (χ3v) is 6.27. The highest BCUT2D eigenvalue weighted by Crippen LogP contribution is 2.46. The highest BCUT2D eigenvalue weighted by Gasteiger charge is 2.37. The van der Waals surface area contributed by atoms with Gasteiger partial charge in [-0.3, -0.25) is 0 Å². The van der Waals surface area contributed by atoms with Gasteiger partial charge >= 0.3 is 0 Å². The van der Waals surface area contributed by atoms with Gasteiger partial charge < -0.3 is 10.2 Å². The maximum atomic E-state index is 3.55. The molecule has 0 amide bonds. The number of benzene rings is 1. The van der Waals surface area contributed by atoms with Gasteiger partial charge in [0.2, 0.25) is 0 Å². The quantitative estimate of drug-likeness (QED) is 0.873. The molecule has 1 spiro atoms. The van der Waals surface area contributed by atoms with Crippen molar-refractivity contribution in [2.45, 2.75) is 50.9 Å². The molecule has 1 saturated carbocycles. The fourth-order valence-corrected chi connectivity index (χ4v) is 4.89. The summed E-state index contributed by atoms with van der Waals surface area (Å²) in [5.41, 5.74) is 3.67. The van der Waals surface area contributed by atoms with E-state index >= 15 is 0 Å². The van der Waals surface area contributed by atoms with Crippen LogP contribution in [0, 0.1) is 5.41 Å². The highest BCUT2D eigenvalue weighted by atomic mass is 15.1. The maximum absolute atomic E-state index is 3.55. The second-order valence-electron chi connectivity index (χ2n) is 7.51. The van der Waals surface area contributed by atoms with Gasteiger partial charge in [0.25, 0.3) is 0 Å². The molecule has 3 aliphatic rings. The lowest BCUT2D eigenvalue weighted by Gasteiger charge is -2.41. The van der Waals surface area contributed by atoms with Crippen molar-refractivity contribution >= 4 is 5.69 Å². The molecule has 2 heterocycles. The molecule has 2 nitrogen and oxygen atoms in total. The van der Waals surface area contributed by atoms with Gasteiger partial charge in [0, 0.05) is 24.7 Å². The molecule has 1 aromatic carbocycles. The minimum absolute atomic E-state index is 0.736. The van der Waals surface area contributed by atoms with Gasteiger partial charge in [-0.25, -0.2) is 0 Å². The summed E-state index contributed by atoms with van der Waals surface area (Å²) in [4.78, 5) is 2.75.